The summed E-state index contributed by atoms with van der Waals surface area (Å²) in [5, 5.41) is 15.2. The molecule has 2 rings (SSSR count). The van der Waals surface area contributed by atoms with Crippen molar-refractivity contribution >= 4 is 11.6 Å². The fourth-order valence-corrected chi connectivity index (χ4v) is 3.45. The number of halogens is 1. The van der Waals surface area contributed by atoms with E-state index < -0.39 is 6.10 Å². The summed E-state index contributed by atoms with van der Waals surface area (Å²) >= 11 is 6.09. The van der Waals surface area contributed by atoms with E-state index in [1.807, 2.05) is 7.05 Å². The Kier molecular flexibility index (Phi) is 4.68. The molecule has 1 aliphatic rings. The lowest BCUT2D eigenvalue weighted by atomic mass is 9.77. The minimum atomic E-state index is -0.465. The van der Waals surface area contributed by atoms with Gasteiger partial charge in [0.25, 0.3) is 0 Å². The van der Waals surface area contributed by atoms with Crippen molar-refractivity contribution in [3.05, 3.63) is 16.9 Å². The first-order valence-corrected chi connectivity index (χ1v) is 7.36. The van der Waals surface area contributed by atoms with Crippen LogP contribution in [-0.2, 0) is 7.05 Å². The van der Waals surface area contributed by atoms with Crippen LogP contribution in [0, 0.1) is 11.8 Å². The van der Waals surface area contributed by atoms with E-state index in [1.54, 1.807) is 10.9 Å². The van der Waals surface area contributed by atoms with Crippen molar-refractivity contribution in [2.45, 2.75) is 51.6 Å². The molecule has 102 valence electrons. The number of aliphatic hydroxyl groups is 1. The molecule has 1 saturated carbocycles. The first-order chi connectivity index (χ1) is 8.63. The molecule has 1 aromatic rings. The van der Waals surface area contributed by atoms with E-state index in [9.17, 15) is 5.11 Å². The van der Waals surface area contributed by atoms with Gasteiger partial charge in [0, 0.05) is 7.05 Å². The fraction of sp³-hybridized carbons (Fsp3) is 0.786. The quantitative estimate of drug-likeness (QED) is 0.906. The number of hydrogen-bond acceptors (Lipinski definition) is 2. The van der Waals surface area contributed by atoms with Crippen LogP contribution in [0.4, 0.5) is 0 Å². The SMILES string of the molecule is CCCC1CCC(C(O)c2c(Cl)cnn2C)CC1. The van der Waals surface area contributed by atoms with E-state index in [-0.39, 0.29) is 0 Å². The summed E-state index contributed by atoms with van der Waals surface area (Å²) in [7, 11) is 1.84. The summed E-state index contributed by atoms with van der Waals surface area (Å²) < 4.78 is 1.70. The second-order valence-corrected chi connectivity index (χ2v) is 5.92. The molecule has 0 amide bonds. The molecule has 1 aromatic heterocycles. The Morgan fingerprint density at radius 1 is 1.44 bits per heavy atom. The van der Waals surface area contributed by atoms with Gasteiger partial charge in [-0.05, 0) is 24.7 Å². The topological polar surface area (TPSA) is 38.1 Å². The lowest BCUT2D eigenvalue weighted by Gasteiger charge is -2.31. The van der Waals surface area contributed by atoms with Crippen molar-refractivity contribution in [2.24, 2.45) is 18.9 Å². The largest absolute Gasteiger partial charge is 0.386 e. The maximum absolute atomic E-state index is 10.5. The van der Waals surface area contributed by atoms with E-state index in [1.165, 1.54) is 25.7 Å². The van der Waals surface area contributed by atoms with Gasteiger partial charge in [-0.3, -0.25) is 4.68 Å². The zero-order chi connectivity index (χ0) is 13.1. The van der Waals surface area contributed by atoms with Gasteiger partial charge in [0.05, 0.1) is 23.0 Å². The summed E-state index contributed by atoms with van der Waals surface area (Å²) in [5.41, 5.74) is 0.774. The van der Waals surface area contributed by atoms with Gasteiger partial charge >= 0.3 is 0 Å². The van der Waals surface area contributed by atoms with Crippen LogP contribution >= 0.6 is 11.6 Å². The van der Waals surface area contributed by atoms with Crippen LogP contribution in [0.5, 0.6) is 0 Å². The number of aryl methyl sites for hydroxylation is 1. The van der Waals surface area contributed by atoms with Crippen molar-refractivity contribution in [3.63, 3.8) is 0 Å². The molecular formula is C14H23ClN2O. The van der Waals surface area contributed by atoms with Gasteiger partial charge in [0.1, 0.15) is 0 Å². The molecule has 1 atom stereocenters. The Balaban J connectivity index is 1.97. The number of nitrogens with zero attached hydrogens (tertiary/aromatic N) is 2. The first kappa shape index (κ1) is 13.9. The van der Waals surface area contributed by atoms with Crippen LogP contribution in [-0.4, -0.2) is 14.9 Å². The second kappa shape index (κ2) is 6.07. The number of hydrogen-bond donors (Lipinski definition) is 1. The molecule has 0 saturated heterocycles. The van der Waals surface area contributed by atoms with Crippen LogP contribution in [0.1, 0.15) is 57.2 Å². The van der Waals surface area contributed by atoms with Gasteiger partial charge in [-0.2, -0.15) is 5.10 Å². The Bertz CT molecular complexity index is 364. The van der Waals surface area contributed by atoms with Crippen LogP contribution in [0.3, 0.4) is 0 Å². The van der Waals surface area contributed by atoms with Crippen molar-refractivity contribution in [3.8, 4) is 0 Å². The fourth-order valence-electron chi connectivity index (χ4n) is 3.18. The summed E-state index contributed by atoms with van der Waals surface area (Å²) in [4.78, 5) is 0. The van der Waals surface area contributed by atoms with E-state index in [4.69, 9.17) is 11.6 Å². The molecular weight excluding hydrogens is 248 g/mol. The van der Waals surface area contributed by atoms with Gasteiger partial charge in [-0.25, -0.2) is 0 Å². The highest BCUT2D eigenvalue weighted by atomic mass is 35.5. The third-order valence-corrected chi connectivity index (χ3v) is 4.54. The van der Waals surface area contributed by atoms with Crippen molar-refractivity contribution in [2.75, 3.05) is 0 Å². The average Bonchev–Trinajstić information content (AvgIpc) is 2.70. The standard InChI is InChI=1S/C14H23ClN2O/c1-3-4-10-5-7-11(8-6-10)14(18)13-12(15)9-16-17(13)2/h9-11,14,18H,3-8H2,1-2H3. The zero-order valence-electron chi connectivity index (χ0n) is 11.3. The highest BCUT2D eigenvalue weighted by Crippen LogP contribution is 2.39. The Hall–Kier alpha value is -0.540. The molecule has 1 fully saturated rings. The smallest absolute Gasteiger partial charge is 0.0999 e. The number of rotatable bonds is 4. The average molecular weight is 271 g/mol. The predicted molar refractivity (Wildman–Crippen MR) is 73.5 cm³/mol. The van der Waals surface area contributed by atoms with Crippen LogP contribution in [0.25, 0.3) is 0 Å². The third kappa shape index (κ3) is 2.89. The lowest BCUT2D eigenvalue weighted by molar-refractivity contribution is 0.0659. The van der Waals surface area contributed by atoms with E-state index >= 15 is 0 Å². The van der Waals surface area contributed by atoms with Crippen molar-refractivity contribution in [1.29, 1.82) is 0 Å². The monoisotopic (exact) mass is 270 g/mol. The minimum absolute atomic E-state index is 0.339. The molecule has 0 spiro atoms. The number of aliphatic hydroxyl groups excluding tert-OH is 1. The molecule has 0 aliphatic heterocycles. The van der Waals surface area contributed by atoms with E-state index in [0.29, 0.717) is 10.9 Å². The van der Waals surface area contributed by atoms with Crippen LogP contribution < -0.4 is 0 Å². The molecule has 1 aliphatic carbocycles. The number of aromatic nitrogens is 2. The van der Waals surface area contributed by atoms with E-state index in [2.05, 4.69) is 12.0 Å². The molecule has 0 aromatic carbocycles. The van der Waals surface area contributed by atoms with E-state index in [0.717, 1.165) is 24.5 Å². The highest BCUT2D eigenvalue weighted by molar-refractivity contribution is 6.31. The molecule has 18 heavy (non-hydrogen) atoms. The summed E-state index contributed by atoms with van der Waals surface area (Å²) in [6, 6.07) is 0. The minimum Gasteiger partial charge on any atom is -0.386 e. The molecule has 4 heteroatoms. The van der Waals surface area contributed by atoms with Crippen LogP contribution in [0.15, 0.2) is 6.20 Å². The molecule has 0 radical (unpaired) electrons. The van der Waals surface area contributed by atoms with Crippen LogP contribution in [0.2, 0.25) is 5.02 Å². The maximum atomic E-state index is 10.5. The van der Waals surface area contributed by atoms with Gasteiger partial charge in [0.2, 0.25) is 0 Å². The van der Waals surface area contributed by atoms with Gasteiger partial charge in [-0.1, -0.05) is 44.2 Å². The lowest BCUT2D eigenvalue weighted by Crippen LogP contribution is -2.22. The Labute approximate surface area is 114 Å². The molecule has 0 bridgehead atoms. The first-order valence-electron chi connectivity index (χ1n) is 6.99. The van der Waals surface area contributed by atoms with Gasteiger partial charge in [0.15, 0.2) is 0 Å². The summed E-state index contributed by atoms with van der Waals surface area (Å²) in [6.07, 6.45) is 8.44. The summed E-state index contributed by atoms with van der Waals surface area (Å²) in [6.45, 7) is 2.25. The maximum Gasteiger partial charge on any atom is 0.0999 e. The normalized spacial score (nSPS) is 26.2. The molecule has 1 unspecified atom stereocenters. The summed E-state index contributed by atoms with van der Waals surface area (Å²) in [5.74, 6) is 1.20. The Morgan fingerprint density at radius 3 is 2.61 bits per heavy atom. The molecule has 3 nitrogen and oxygen atoms in total. The van der Waals surface area contributed by atoms with Gasteiger partial charge in [-0.15, -0.1) is 0 Å². The second-order valence-electron chi connectivity index (χ2n) is 5.52. The highest BCUT2D eigenvalue weighted by Gasteiger charge is 2.29. The molecule has 1 heterocycles. The Morgan fingerprint density at radius 2 is 2.11 bits per heavy atom. The third-order valence-electron chi connectivity index (χ3n) is 4.25. The van der Waals surface area contributed by atoms with Crippen molar-refractivity contribution < 1.29 is 5.11 Å². The van der Waals surface area contributed by atoms with Crippen molar-refractivity contribution in [1.82, 2.24) is 9.78 Å². The van der Waals surface area contributed by atoms with Gasteiger partial charge < -0.3 is 5.11 Å². The molecule has 1 N–H and O–H groups in total. The zero-order valence-corrected chi connectivity index (χ0v) is 12.0. The predicted octanol–water partition coefficient (Wildman–Crippen LogP) is 3.71.